The zero-order valence-electron chi connectivity index (χ0n) is 12.4. The van der Waals surface area contributed by atoms with E-state index in [0.29, 0.717) is 22.0 Å². The fourth-order valence-electron chi connectivity index (χ4n) is 1.87. The Balaban J connectivity index is 1.67. The predicted octanol–water partition coefficient (Wildman–Crippen LogP) is 4.34. The number of nitrogens with one attached hydrogen (secondary N) is 2. The minimum Gasteiger partial charge on any atom is -0.385 e. The highest BCUT2D eigenvalue weighted by Gasteiger charge is 2.01. The number of nitrogens with zero attached hydrogens (tertiary/aromatic N) is 1. The SMILES string of the molecule is O=C(CCCNc1ccccc1)N/N=C/c1ccc(Cl)cc1Cl. The van der Waals surface area contributed by atoms with Crippen LogP contribution in [0.3, 0.4) is 0 Å². The zero-order valence-corrected chi connectivity index (χ0v) is 13.9. The number of hydrogen-bond donors (Lipinski definition) is 2. The second-order valence-electron chi connectivity index (χ2n) is 4.86. The van der Waals surface area contributed by atoms with Gasteiger partial charge in [-0.25, -0.2) is 5.43 Å². The molecule has 0 unspecified atom stereocenters. The van der Waals surface area contributed by atoms with Gasteiger partial charge in [0, 0.05) is 29.2 Å². The molecule has 0 bridgehead atoms. The minimum absolute atomic E-state index is 0.138. The van der Waals surface area contributed by atoms with Crippen LogP contribution < -0.4 is 10.7 Å². The highest BCUT2D eigenvalue weighted by Crippen LogP contribution is 2.19. The van der Waals surface area contributed by atoms with Crippen LogP contribution >= 0.6 is 23.2 Å². The number of rotatable bonds is 7. The molecular formula is C17H17Cl2N3O. The molecule has 0 heterocycles. The van der Waals surface area contributed by atoms with E-state index in [-0.39, 0.29) is 5.91 Å². The van der Waals surface area contributed by atoms with E-state index in [1.165, 1.54) is 6.21 Å². The number of benzene rings is 2. The lowest BCUT2D eigenvalue weighted by Gasteiger charge is -2.05. The zero-order chi connectivity index (χ0) is 16.5. The summed E-state index contributed by atoms with van der Waals surface area (Å²) in [5, 5.41) is 8.19. The van der Waals surface area contributed by atoms with Crippen molar-refractivity contribution in [2.24, 2.45) is 5.10 Å². The largest absolute Gasteiger partial charge is 0.385 e. The summed E-state index contributed by atoms with van der Waals surface area (Å²) in [7, 11) is 0. The van der Waals surface area contributed by atoms with Crippen molar-refractivity contribution in [3.05, 3.63) is 64.1 Å². The average Bonchev–Trinajstić information content (AvgIpc) is 2.55. The first-order valence-corrected chi connectivity index (χ1v) is 7.96. The van der Waals surface area contributed by atoms with Crippen LogP contribution in [0.5, 0.6) is 0 Å². The van der Waals surface area contributed by atoms with Gasteiger partial charge in [-0.15, -0.1) is 0 Å². The monoisotopic (exact) mass is 349 g/mol. The lowest BCUT2D eigenvalue weighted by atomic mass is 10.2. The summed E-state index contributed by atoms with van der Waals surface area (Å²) >= 11 is 11.8. The van der Waals surface area contributed by atoms with Gasteiger partial charge in [0.1, 0.15) is 0 Å². The molecule has 0 aromatic heterocycles. The molecule has 23 heavy (non-hydrogen) atoms. The van der Waals surface area contributed by atoms with Gasteiger partial charge in [-0.05, 0) is 30.7 Å². The summed E-state index contributed by atoms with van der Waals surface area (Å²) in [4.78, 5) is 11.7. The van der Waals surface area contributed by atoms with Crippen molar-refractivity contribution in [3.8, 4) is 0 Å². The summed E-state index contributed by atoms with van der Waals surface area (Å²) in [5.41, 5.74) is 4.22. The standard InChI is InChI=1S/C17H17Cl2N3O/c18-14-9-8-13(16(19)11-14)12-21-22-17(23)7-4-10-20-15-5-2-1-3-6-15/h1-3,5-6,8-9,11-12,20H,4,7,10H2,(H,22,23)/b21-12+. The molecule has 0 fully saturated rings. The van der Waals surface area contributed by atoms with E-state index in [9.17, 15) is 4.79 Å². The van der Waals surface area contributed by atoms with Gasteiger partial charge in [-0.2, -0.15) is 5.10 Å². The molecule has 4 nitrogen and oxygen atoms in total. The molecule has 120 valence electrons. The van der Waals surface area contributed by atoms with Crippen LogP contribution in [0.15, 0.2) is 53.6 Å². The Labute approximate surface area is 145 Å². The average molecular weight is 350 g/mol. The molecule has 0 spiro atoms. The van der Waals surface area contributed by atoms with Gasteiger partial charge < -0.3 is 5.32 Å². The van der Waals surface area contributed by atoms with Gasteiger partial charge in [-0.1, -0.05) is 47.5 Å². The topological polar surface area (TPSA) is 53.5 Å². The van der Waals surface area contributed by atoms with Gasteiger partial charge in [0.05, 0.1) is 11.2 Å². The number of amides is 1. The Bertz CT molecular complexity index is 675. The number of halogens is 2. The number of carbonyl (C=O) groups is 1. The van der Waals surface area contributed by atoms with Crippen molar-refractivity contribution in [3.63, 3.8) is 0 Å². The Kier molecular flexibility index (Phi) is 6.91. The number of carbonyl (C=O) groups excluding carboxylic acids is 1. The van der Waals surface area contributed by atoms with Gasteiger partial charge in [-0.3, -0.25) is 4.79 Å². The number of hydrazone groups is 1. The van der Waals surface area contributed by atoms with E-state index in [1.807, 2.05) is 30.3 Å². The molecule has 6 heteroatoms. The number of anilines is 1. The van der Waals surface area contributed by atoms with Crippen LogP contribution in [0.1, 0.15) is 18.4 Å². The summed E-state index contributed by atoms with van der Waals surface area (Å²) in [6.45, 7) is 0.726. The molecule has 2 N–H and O–H groups in total. The summed E-state index contributed by atoms with van der Waals surface area (Å²) in [6, 6.07) is 14.9. The van der Waals surface area contributed by atoms with Crippen molar-refractivity contribution in [1.82, 2.24) is 5.43 Å². The molecule has 0 radical (unpaired) electrons. The van der Waals surface area contributed by atoms with Gasteiger partial charge >= 0.3 is 0 Å². The van der Waals surface area contributed by atoms with E-state index in [0.717, 1.165) is 18.7 Å². The predicted molar refractivity (Wildman–Crippen MR) is 96.4 cm³/mol. The van der Waals surface area contributed by atoms with Crippen LogP contribution in [0, 0.1) is 0 Å². The van der Waals surface area contributed by atoms with Gasteiger partial charge in [0.25, 0.3) is 0 Å². The van der Waals surface area contributed by atoms with E-state index in [2.05, 4.69) is 15.8 Å². The summed E-state index contributed by atoms with van der Waals surface area (Å²) in [5.74, 6) is -0.138. The fraction of sp³-hybridized carbons (Fsp3) is 0.176. The van der Waals surface area contributed by atoms with Gasteiger partial charge in [0.15, 0.2) is 0 Å². The quantitative estimate of drug-likeness (QED) is 0.444. The molecule has 0 atom stereocenters. The van der Waals surface area contributed by atoms with Crippen LogP contribution in [-0.2, 0) is 4.79 Å². The molecule has 2 rings (SSSR count). The fourth-order valence-corrected chi connectivity index (χ4v) is 2.33. The maximum atomic E-state index is 11.7. The number of hydrogen-bond acceptors (Lipinski definition) is 3. The van der Waals surface area contributed by atoms with E-state index in [4.69, 9.17) is 23.2 Å². The molecule has 0 saturated heterocycles. The molecule has 1 amide bonds. The maximum absolute atomic E-state index is 11.7. The molecule has 0 saturated carbocycles. The molecule has 0 aliphatic heterocycles. The van der Waals surface area contributed by atoms with E-state index < -0.39 is 0 Å². The van der Waals surface area contributed by atoms with Crippen molar-refractivity contribution in [2.45, 2.75) is 12.8 Å². The van der Waals surface area contributed by atoms with Crippen LogP contribution in [0.4, 0.5) is 5.69 Å². The molecule has 2 aromatic rings. The third-order valence-electron chi connectivity index (χ3n) is 3.04. The van der Waals surface area contributed by atoms with E-state index in [1.54, 1.807) is 18.2 Å². The maximum Gasteiger partial charge on any atom is 0.240 e. The van der Waals surface area contributed by atoms with Crippen LogP contribution in [0.2, 0.25) is 10.0 Å². The summed E-state index contributed by atoms with van der Waals surface area (Å²) < 4.78 is 0. The number of para-hydroxylation sites is 1. The van der Waals surface area contributed by atoms with Crippen molar-refractivity contribution in [1.29, 1.82) is 0 Å². The second-order valence-corrected chi connectivity index (χ2v) is 5.70. The van der Waals surface area contributed by atoms with Crippen molar-refractivity contribution < 1.29 is 4.79 Å². The van der Waals surface area contributed by atoms with E-state index >= 15 is 0 Å². The van der Waals surface area contributed by atoms with Crippen LogP contribution in [-0.4, -0.2) is 18.7 Å². The minimum atomic E-state index is -0.138. The lowest BCUT2D eigenvalue weighted by Crippen LogP contribution is -2.18. The molecule has 2 aromatic carbocycles. The van der Waals surface area contributed by atoms with Gasteiger partial charge in [0.2, 0.25) is 5.91 Å². The Morgan fingerprint density at radius 3 is 2.65 bits per heavy atom. The first kappa shape index (κ1) is 17.3. The normalized spacial score (nSPS) is 10.7. The highest BCUT2D eigenvalue weighted by molar-refractivity contribution is 6.36. The molecular weight excluding hydrogens is 333 g/mol. The first-order chi connectivity index (χ1) is 11.1. The third-order valence-corrected chi connectivity index (χ3v) is 3.60. The van der Waals surface area contributed by atoms with Crippen molar-refractivity contribution in [2.75, 3.05) is 11.9 Å². The molecule has 0 aliphatic rings. The Morgan fingerprint density at radius 2 is 1.91 bits per heavy atom. The van der Waals surface area contributed by atoms with Crippen LogP contribution in [0.25, 0.3) is 0 Å². The lowest BCUT2D eigenvalue weighted by molar-refractivity contribution is -0.121. The summed E-state index contributed by atoms with van der Waals surface area (Å²) in [6.07, 6.45) is 2.61. The third kappa shape index (κ3) is 6.30. The highest BCUT2D eigenvalue weighted by atomic mass is 35.5. The molecule has 0 aliphatic carbocycles. The first-order valence-electron chi connectivity index (χ1n) is 7.21. The second kappa shape index (κ2) is 9.18. The Morgan fingerprint density at radius 1 is 1.13 bits per heavy atom. The Hall–Kier alpha value is -2.04. The van der Waals surface area contributed by atoms with Crippen molar-refractivity contribution >= 4 is 41.0 Å². The smallest absolute Gasteiger partial charge is 0.240 e.